The summed E-state index contributed by atoms with van der Waals surface area (Å²) in [6, 6.07) is 5.14. The first-order chi connectivity index (χ1) is 13.0. The van der Waals surface area contributed by atoms with Gasteiger partial charge in [-0.15, -0.1) is 0 Å². The number of hydrogen-bond acceptors (Lipinski definition) is 5. The van der Waals surface area contributed by atoms with Gasteiger partial charge in [-0.3, -0.25) is 9.59 Å². The van der Waals surface area contributed by atoms with E-state index in [9.17, 15) is 9.59 Å². The number of carbonyl (C=O) groups is 2. The minimum absolute atomic E-state index is 0.0136. The largest absolute Gasteiger partial charge is 0.495 e. The molecular formula is C19H23ClN2O5. The third-order valence-corrected chi connectivity index (χ3v) is 5.79. The van der Waals surface area contributed by atoms with Crippen LogP contribution in [0.2, 0.25) is 5.02 Å². The number of carbonyl (C=O) groups excluding carboxylic acids is 2. The summed E-state index contributed by atoms with van der Waals surface area (Å²) in [4.78, 5) is 29.0. The fourth-order valence-corrected chi connectivity index (χ4v) is 4.26. The van der Waals surface area contributed by atoms with Crippen LogP contribution in [0.25, 0.3) is 0 Å². The Bertz CT molecular complexity index is 740. The Hall–Kier alpha value is -1.83. The van der Waals surface area contributed by atoms with Crippen LogP contribution >= 0.6 is 11.6 Å². The first-order valence-electron chi connectivity index (χ1n) is 9.22. The third-order valence-electron chi connectivity index (χ3n) is 5.56. The van der Waals surface area contributed by atoms with Crippen molar-refractivity contribution in [2.75, 3.05) is 44.9 Å². The predicted molar refractivity (Wildman–Crippen MR) is 98.9 cm³/mol. The first kappa shape index (κ1) is 18.5. The van der Waals surface area contributed by atoms with Crippen LogP contribution in [0.15, 0.2) is 18.2 Å². The van der Waals surface area contributed by atoms with Gasteiger partial charge in [0, 0.05) is 43.9 Å². The van der Waals surface area contributed by atoms with Crippen LogP contribution in [0.1, 0.15) is 19.3 Å². The van der Waals surface area contributed by atoms with Crippen LogP contribution in [-0.2, 0) is 19.1 Å². The average Bonchev–Trinajstić information content (AvgIpc) is 3.29. The van der Waals surface area contributed by atoms with Gasteiger partial charge in [0.1, 0.15) is 5.75 Å². The summed E-state index contributed by atoms with van der Waals surface area (Å²) in [6.07, 6.45) is 1.54. The molecule has 7 nitrogen and oxygen atoms in total. The third kappa shape index (κ3) is 3.51. The fourth-order valence-electron chi connectivity index (χ4n) is 4.09. The monoisotopic (exact) mass is 394 g/mol. The Balaban J connectivity index is 1.43. The molecule has 3 heterocycles. The Morgan fingerprint density at radius 3 is 2.63 bits per heavy atom. The van der Waals surface area contributed by atoms with Crippen molar-refractivity contribution >= 4 is 29.1 Å². The van der Waals surface area contributed by atoms with Gasteiger partial charge in [-0.25, -0.2) is 0 Å². The summed E-state index contributed by atoms with van der Waals surface area (Å²) in [7, 11) is 1.55. The molecular weight excluding hydrogens is 372 g/mol. The maximum atomic E-state index is 13.0. The maximum Gasteiger partial charge on any atom is 0.228 e. The molecule has 1 aromatic rings. The molecule has 3 saturated heterocycles. The molecule has 3 aliphatic rings. The summed E-state index contributed by atoms with van der Waals surface area (Å²) >= 11 is 6.09. The van der Waals surface area contributed by atoms with Crippen molar-refractivity contribution < 1.29 is 23.8 Å². The molecule has 2 amide bonds. The van der Waals surface area contributed by atoms with Crippen LogP contribution in [0.5, 0.6) is 5.75 Å². The maximum absolute atomic E-state index is 13.0. The molecule has 4 rings (SSSR count). The second-order valence-electron chi connectivity index (χ2n) is 7.15. The second-order valence-corrected chi connectivity index (χ2v) is 7.59. The number of halogens is 1. The van der Waals surface area contributed by atoms with Crippen LogP contribution < -0.4 is 9.64 Å². The zero-order valence-electron chi connectivity index (χ0n) is 15.3. The molecule has 8 heteroatoms. The minimum Gasteiger partial charge on any atom is -0.495 e. The van der Waals surface area contributed by atoms with E-state index < -0.39 is 5.79 Å². The molecule has 0 saturated carbocycles. The molecule has 27 heavy (non-hydrogen) atoms. The smallest absolute Gasteiger partial charge is 0.228 e. The Kier molecular flexibility index (Phi) is 5.01. The van der Waals surface area contributed by atoms with Gasteiger partial charge in [0.2, 0.25) is 11.8 Å². The van der Waals surface area contributed by atoms with E-state index in [2.05, 4.69) is 0 Å². The highest BCUT2D eigenvalue weighted by atomic mass is 35.5. The molecule has 0 bridgehead atoms. The van der Waals surface area contributed by atoms with Crippen molar-refractivity contribution in [1.82, 2.24) is 4.90 Å². The zero-order chi connectivity index (χ0) is 19.0. The molecule has 146 valence electrons. The number of anilines is 1. The Labute approximate surface area is 163 Å². The highest BCUT2D eigenvalue weighted by molar-refractivity contribution is 6.31. The number of methoxy groups -OCH3 is 1. The van der Waals surface area contributed by atoms with Gasteiger partial charge in [0.25, 0.3) is 0 Å². The molecule has 1 aromatic carbocycles. The van der Waals surface area contributed by atoms with Crippen molar-refractivity contribution in [1.29, 1.82) is 0 Å². The lowest BCUT2D eigenvalue weighted by molar-refractivity contribution is -0.188. The topological polar surface area (TPSA) is 68.3 Å². The number of rotatable bonds is 3. The van der Waals surface area contributed by atoms with Gasteiger partial charge >= 0.3 is 0 Å². The van der Waals surface area contributed by atoms with Gasteiger partial charge in [-0.1, -0.05) is 11.6 Å². The van der Waals surface area contributed by atoms with E-state index in [4.69, 9.17) is 25.8 Å². The van der Waals surface area contributed by atoms with Crippen molar-refractivity contribution in [2.45, 2.75) is 25.0 Å². The van der Waals surface area contributed by atoms with Crippen LogP contribution in [0.3, 0.4) is 0 Å². The second kappa shape index (κ2) is 7.30. The standard InChI is InChI=1S/C19H23ClN2O5/c1-25-16-3-2-14(20)11-15(16)22-12-13(10-17(22)23)18(24)21-6-4-19(5-7-21)26-8-9-27-19/h2-3,11,13H,4-10,12H2,1H3. The number of benzene rings is 1. The van der Waals surface area contributed by atoms with Crippen molar-refractivity contribution in [3.8, 4) is 5.75 Å². The molecule has 1 atom stereocenters. The molecule has 1 spiro atoms. The van der Waals surface area contributed by atoms with Crippen LogP contribution in [0.4, 0.5) is 5.69 Å². The lowest BCUT2D eigenvalue weighted by Crippen LogP contribution is -2.49. The fraction of sp³-hybridized carbons (Fsp3) is 0.579. The summed E-state index contributed by atoms with van der Waals surface area (Å²) in [5, 5.41) is 0.520. The minimum atomic E-state index is -0.511. The van der Waals surface area contributed by atoms with Gasteiger partial charge in [0.05, 0.1) is 31.9 Å². The van der Waals surface area contributed by atoms with Crippen molar-refractivity contribution in [3.63, 3.8) is 0 Å². The Morgan fingerprint density at radius 1 is 1.26 bits per heavy atom. The Morgan fingerprint density at radius 2 is 1.96 bits per heavy atom. The SMILES string of the molecule is COc1ccc(Cl)cc1N1CC(C(=O)N2CCC3(CC2)OCCO3)CC1=O. The van der Waals surface area contributed by atoms with E-state index in [0.29, 0.717) is 62.1 Å². The van der Waals surface area contributed by atoms with Gasteiger partial charge in [-0.2, -0.15) is 0 Å². The molecule has 0 aromatic heterocycles. The number of ether oxygens (including phenoxy) is 3. The molecule has 0 N–H and O–H groups in total. The normalized spacial score (nSPS) is 24.7. The van der Waals surface area contributed by atoms with Crippen molar-refractivity contribution in [3.05, 3.63) is 23.2 Å². The van der Waals surface area contributed by atoms with Gasteiger partial charge < -0.3 is 24.0 Å². The zero-order valence-corrected chi connectivity index (χ0v) is 16.0. The number of likely N-dealkylation sites (tertiary alicyclic amines) is 1. The molecule has 3 fully saturated rings. The van der Waals surface area contributed by atoms with Gasteiger partial charge in [0.15, 0.2) is 5.79 Å². The van der Waals surface area contributed by atoms with E-state index in [1.807, 2.05) is 4.90 Å². The lowest BCUT2D eigenvalue weighted by Gasteiger charge is -2.38. The summed E-state index contributed by atoms with van der Waals surface area (Å²) in [6.45, 7) is 2.74. The number of amides is 2. The average molecular weight is 395 g/mol. The molecule has 1 unspecified atom stereocenters. The predicted octanol–water partition coefficient (Wildman–Crippen LogP) is 2.07. The van der Waals surface area contributed by atoms with E-state index in [1.165, 1.54) is 0 Å². The number of piperidine rings is 1. The summed E-state index contributed by atoms with van der Waals surface area (Å²) < 4.78 is 16.8. The summed E-state index contributed by atoms with van der Waals surface area (Å²) in [5.74, 6) is -0.385. The van der Waals surface area contributed by atoms with E-state index in [1.54, 1.807) is 30.2 Å². The molecule has 0 aliphatic carbocycles. The first-order valence-corrected chi connectivity index (χ1v) is 9.60. The van der Waals surface area contributed by atoms with E-state index in [0.717, 1.165) is 0 Å². The molecule has 0 radical (unpaired) electrons. The van der Waals surface area contributed by atoms with Crippen molar-refractivity contribution in [2.24, 2.45) is 5.92 Å². The number of nitrogens with zero attached hydrogens (tertiary/aromatic N) is 2. The molecule has 3 aliphatic heterocycles. The quantitative estimate of drug-likeness (QED) is 0.785. The van der Waals surface area contributed by atoms with E-state index >= 15 is 0 Å². The highest BCUT2D eigenvalue weighted by Crippen LogP contribution is 2.37. The van der Waals surface area contributed by atoms with Gasteiger partial charge in [-0.05, 0) is 18.2 Å². The van der Waals surface area contributed by atoms with Crippen LogP contribution in [-0.4, -0.2) is 62.5 Å². The number of hydrogen-bond donors (Lipinski definition) is 0. The van der Waals surface area contributed by atoms with Crippen LogP contribution in [0, 0.1) is 5.92 Å². The highest BCUT2D eigenvalue weighted by Gasteiger charge is 2.44. The summed E-state index contributed by atoms with van der Waals surface area (Å²) in [5.41, 5.74) is 0.607. The lowest BCUT2D eigenvalue weighted by atomic mass is 10.0. The van der Waals surface area contributed by atoms with E-state index in [-0.39, 0.29) is 24.2 Å².